The van der Waals surface area contributed by atoms with E-state index in [1.54, 1.807) is 4.90 Å². The van der Waals surface area contributed by atoms with Crippen molar-refractivity contribution in [1.82, 2.24) is 10.2 Å². The van der Waals surface area contributed by atoms with Gasteiger partial charge in [-0.15, -0.1) is 0 Å². The summed E-state index contributed by atoms with van der Waals surface area (Å²) in [5, 5.41) is 3.21. The fourth-order valence-corrected chi connectivity index (χ4v) is 4.51. The lowest BCUT2D eigenvalue weighted by Crippen LogP contribution is -2.48. The number of nitrogens with zero attached hydrogens (tertiary/aromatic N) is 1. The second-order valence-electron chi connectivity index (χ2n) is 4.96. The fraction of sp³-hybridized carbons (Fsp3) is 0.909. The molecule has 3 atom stereocenters. The van der Waals surface area contributed by atoms with Crippen LogP contribution in [0.5, 0.6) is 0 Å². The lowest BCUT2D eigenvalue weighted by Gasteiger charge is -2.33. The van der Waals surface area contributed by atoms with Gasteiger partial charge >= 0.3 is 0 Å². The number of hydrogen-bond donors (Lipinski definition) is 1. The van der Waals surface area contributed by atoms with Crippen LogP contribution in [0.15, 0.2) is 0 Å². The van der Waals surface area contributed by atoms with E-state index in [1.807, 2.05) is 13.8 Å². The normalized spacial score (nSPS) is 37.4. The number of carbonyl (C=O) groups is 1. The Morgan fingerprint density at radius 3 is 2.71 bits per heavy atom. The van der Waals surface area contributed by atoms with E-state index in [0.29, 0.717) is 6.42 Å². The Hall–Kier alpha value is -0.620. The van der Waals surface area contributed by atoms with E-state index >= 15 is 0 Å². The first kappa shape index (κ1) is 12.8. The Labute approximate surface area is 102 Å². The van der Waals surface area contributed by atoms with E-state index < -0.39 is 9.84 Å². The molecule has 6 heteroatoms. The van der Waals surface area contributed by atoms with Crippen LogP contribution in [0.1, 0.15) is 33.1 Å². The summed E-state index contributed by atoms with van der Waals surface area (Å²) in [6, 6.07) is -0.282. The van der Waals surface area contributed by atoms with Gasteiger partial charge in [-0.05, 0) is 26.2 Å². The van der Waals surface area contributed by atoms with Crippen molar-refractivity contribution < 1.29 is 13.2 Å². The molecule has 2 fully saturated rings. The van der Waals surface area contributed by atoms with Gasteiger partial charge in [-0.1, -0.05) is 6.92 Å². The number of sulfone groups is 1. The maximum absolute atomic E-state index is 12.1. The monoisotopic (exact) mass is 260 g/mol. The number of hydrogen-bond acceptors (Lipinski definition) is 4. The first-order valence-electron chi connectivity index (χ1n) is 6.23. The first-order valence-corrected chi connectivity index (χ1v) is 8.05. The van der Waals surface area contributed by atoms with Crippen LogP contribution in [0.3, 0.4) is 0 Å². The van der Waals surface area contributed by atoms with E-state index in [9.17, 15) is 13.2 Å². The highest BCUT2D eigenvalue weighted by Gasteiger charge is 2.41. The molecule has 2 aliphatic heterocycles. The molecule has 0 aromatic rings. The Bertz CT molecular complexity index is 407. The summed E-state index contributed by atoms with van der Waals surface area (Å²) < 4.78 is 23.2. The summed E-state index contributed by atoms with van der Waals surface area (Å²) in [7, 11) is -2.96. The quantitative estimate of drug-likeness (QED) is 0.766. The number of nitrogens with one attached hydrogen (secondary N) is 1. The SMILES string of the molecule is CCC1NC(C)N(C2CCCS(=O)(=O)C2)C1=O. The molecule has 0 aromatic carbocycles. The predicted octanol–water partition coefficient (Wildman–Crippen LogP) is 0.120. The van der Waals surface area contributed by atoms with Gasteiger partial charge in [-0.25, -0.2) is 8.42 Å². The zero-order valence-corrected chi connectivity index (χ0v) is 11.2. The van der Waals surface area contributed by atoms with Crippen molar-refractivity contribution in [3.8, 4) is 0 Å². The Kier molecular flexibility index (Phi) is 3.45. The van der Waals surface area contributed by atoms with Crippen molar-refractivity contribution in [3.05, 3.63) is 0 Å². The number of rotatable bonds is 2. The second-order valence-corrected chi connectivity index (χ2v) is 7.19. The summed E-state index contributed by atoms with van der Waals surface area (Å²) in [5.74, 6) is 0.452. The van der Waals surface area contributed by atoms with Crippen molar-refractivity contribution in [2.75, 3.05) is 11.5 Å². The lowest BCUT2D eigenvalue weighted by molar-refractivity contribution is -0.131. The average Bonchev–Trinajstić information content (AvgIpc) is 2.52. The van der Waals surface area contributed by atoms with Crippen LogP contribution in [0.4, 0.5) is 0 Å². The highest BCUT2D eigenvalue weighted by Crippen LogP contribution is 2.23. The molecule has 1 amide bonds. The highest BCUT2D eigenvalue weighted by atomic mass is 32.2. The van der Waals surface area contributed by atoms with Gasteiger partial charge in [0.2, 0.25) is 5.91 Å². The average molecular weight is 260 g/mol. The van der Waals surface area contributed by atoms with Crippen molar-refractivity contribution in [1.29, 1.82) is 0 Å². The van der Waals surface area contributed by atoms with Crippen LogP contribution >= 0.6 is 0 Å². The van der Waals surface area contributed by atoms with Gasteiger partial charge < -0.3 is 4.90 Å². The van der Waals surface area contributed by atoms with Crippen LogP contribution in [0.25, 0.3) is 0 Å². The molecule has 0 saturated carbocycles. The van der Waals surface area contributed by atoms with E-state index in [0.717, 1.165) is 12.8 Å². The zero-order valence-electron chi connectivity index (χ0n) is 10.3. The van der Waals surface area contributed by atoms with Gasteiger partial charge in [-0.3, -0.25) is 10.1 Å². The minimum absolute atomic E-state index is 0.0502. The zero-order chi connectivity index (χ0) is 12.6. The molecule has 0 aromatic heterocycles. The second kappa shape index (κ2) is 4.57. The van der Waals surface area contributed by atoms with Gasteiger partial charge in [-0.2, -0.15) is 0 Å². The largest absolute Gasteiger partial charge is 0.322 e. The summed E-state index contributed by atoms with van der Waals surface area (Å²) in [6.45, 7) is 3.89. The molecular formula is C11H20N2O3S. The third-order valence-electron chi connectivity index (χ3n) is 3.65. The summed E-state index contributed by atoms with van der Waals surface area (Å²) in [6.07, 6.45) is 2.16. The molecule has 2 saturated heterocycles. The molecule has 0 radical (unpaired) electrons. The minimum Gasteiger partial charge on any atom is -0.322 e. The van der Waals surface area contributed by atoms with E-state index in [-0.39, 0.29) is 35.7 Å². The Morgan fingerprint density at radius 2 is 2.18 bits per heavy atom. The molecule has 2 heterocycles. The molecule has 98 valence electrons. The standard InChI is InChI=1S/C11H20N2O3S/c1-3-10-11(14)13(8(2)12-10)9-5-4-6-17(15,16)7-9/h8-10,12H,3-7H2,1-2H3. The van der Waals surface area contributed by atoms with Crippen molar-refractivity contribution in [3.63, 3.8) is 0 Å². The summed E-state index contributed by atoms with van der Waals surface area (Å²) in [5.41, 5.74) is 0. The van der Waals surface area contributed by atoms with Gasteiger partial charge in [0.15, 0.2) is 9.84 Å². The molecule has 1 N–H and O–H groups in total. The minimum atomic E-state index is -2.96. The van der Waals surface area contributed by atoms with Crippen molar-refractivity contribution in [2.24, 2.45) is 0 Å². The Morgan fingerprint density at radius 1 is 1.47 bits per heavy atom. The molecule has 0 aliphatic carbocycles. The Balaban J connectivity index is 2.14. The topological polar surface area (TPSA) is 66.5 Å². The molecule has 17 heavy (non-hydrogen) atoms. The fourth-order valence-electron chi connectivity index (χ4n) is 2.82. The van der Waals surface area contributed by atoms with Gasteiger partial charge in [0.25, 0.3) is 0 Å². The smallest absolute Gasteiger partial charge is 0.241 e. The van der Waals surface area contributed by atoms with Gasteiger partial charge in [0.1, 0.15) is 0 Å². The lowest BCUT2D eigenvalue weighted by atomic mass is 10.1. The van der Waals surface area contributed by atoms with Crippen LogP contribution in [0, 0.1) is 0 Å². The maximum atomic E-state index is 12.1. The highest BCUT2D eigenvalue weighted by molar-refractivity contribution is 7.91. The van der Waals surface area contributed by atoms with Gasteiger partial charge in [0.05, 0.1) is 23.7 Å². The van der Waals surface area contributed by atoms with E-state index in [2.05, 4.69) is 5.32 Å². The third kappa shape index (κ3) is 2.47. The van der Waals surface area contributed by atoms with E-state index in [1.165, 1.54) is 0 Å². The molecule has 2 rings (SSSR count). The molecule has 0 bridgehead atoms. The molecule has 3 unspecified atom stereocenters. The molecule has 0 spiro atoms. The van der Waals surface area contributed by atoms with Crippen LogP contribution in [-0.4, -0.2) is 49.0 Å². The molecule has 2 aliphatic rings. The van der Waals surface area contributed by atoms with Crippen molar-refractivity contribution >= 4 is 15.7 Å². The third-order valence-corrected chi connectivity index (χ3v) is 5.46. The number of amides is 1. The summed E-state index contributed by atoms with van der Waals surface area (Å²) >= 11 is 0. The van der Waals surface area contributed by atoms with Crippen LogP contribution < -0.4 is 5.32 Å². The van der Waals surface area contributed by atoms with Gasteiger partial charge in [0, 0.05) is 6.04 Å². The molecular weight excluding hydrogens is 240 g/mol. The van der Waals surface area contributed by atoms with Crippen molar-refractivity contribution in [2.45, 2.75) is 51.4 Å². The number of carbonyl (C=O) groups excluding carboxylic acids is 1. The van der Waals surface area contributed by atoms with Crippen LogP contribution in [0.2, 0.25) is 0 Å². The maximum Gasteiger partial charge on any atom is 0.241 e. The molecule has 5 nitrogen and oxygen atoms in total. The van der Waals surface area contributed by atoms with Crippen LogP contribution in [-0.2, 0) is 14.6 Å². The summed E-state index contributed by atoms with van der Waals surface area (Å²) in [4.78, 5) is 13.9. The van der Waals surface area contributed by atoms with E-state index in [4.69, 9.17) is 0 Å². The first-order chi connectivity index (χ1) is 7.94. The predicted molar refractivity (Wildman–Crippen MR) is 65.2 cm³/mol.